The van der Waals surface area contributed by atoms with E-state index in [4.69, 9.17) is 0 Å². The van der Waals surface area contributed by atoms with Gasteiger partial charge >= 0.3 is 12.4 Å². The molecule has 0 aromatic heterocycles. The Kier molecular flexibility index (Phi) is 6.62. The van der Waals surface area contributed by atoms with Crippen molar-refractivity contribution in [2.45, 2.75) is 87.6 Å². The van der Waals surface area contributed by atoms with E-state index in [2.05, 4.69) is 5.32 Å². The Morgan fingerprint density at radius 2 is 1.67 bits per heavy atom. The maximum Gasteiger partial charge on any atom is 0.417 e. The summed E-state index contributed by atoms with van der Waals surface area (Å²) in [6.07, 6.45) is -0.553. The number of rotatable bonds is 6. The number of carbonyl (C=O) groups excluding carboxylic acids is 1. The summed E-state index contributed by atoms with van der Waals surface area (Å²) in [7, 11) is 0. The topological polar surface area (TPSA) is 29.1 Å². The van der Waals surface area contributed by atoms with Crippen molar-refractivity contribution in [1.82, 2.24) is 5.32 Å². The van der Waals surface area contributed by atoms with Gasteiger partial charge in [-0.25, -0.2) is 0 Å². The van der Waals surface area contributed by atoms with E-state index in [0.29, 0.717) is 18.5 Å². The maximum absolute atomic E-state index is 13.8. The molecule has 9 heteroatoms. The van der Waals surface area contributed by atoms with Gasteiger partial charge in [0.25, 0.3) is 0 Å². The molecule has 0 spiro atoms. The van der Waals surface area contributed by atoms with E-state index in [0.717, 1.165) is 43.9 Å². The summed E-state index contributed by atoms with van der Waals surface area (Å²) in [5, 5.41) is 3.74. The van der Waals surface area contributed by atoms with Gasteiger partial charge in [-0.2, -0.15) is 26.3 Å². The Morgan fingerprint density at radius 1 is 1.00 bits per heavy atom. The van der Waals surface area contributed by atoms with E-state index < -0.39 is 46.2 Å². The van der Waals surface area contributed by atoms with Crippen LogP contribution in [0.15, 0.2) is 17.0 Å². The van der Waals surface area contributed by atoms with E-state index in [1.165, 1.54) is 19.1 Å². The zero-order valence-corrected chi connectivity index (χ0v) is 19.5. The van der Waals surface area contributed by atoms with Crippen LogP contribution >= 0.6 is 11.8 Å². The summed E-state index contributed by atoms with van der Waals surface area (Å²) in [4.78, 5) is 13.2. The molecule has 33 heavy (non-hydrogen) atoms. The molecule has 3 aliphatic rings. The molecule has 184 valence electrons. The zero-order valence-electron chi connectivity index (χ0n) is 18.7. The van der Waals surface area contributed by atoms with E-state index in [1.54, 1.807) is 0 Å². The van der Waals surface area contributed by atoms with Crippen LogP contribution < -0.4 is 5.32 Å². The lowest BCUT2D eigenvalue weighted by Crippen LogP contribution is -2.42. The number of thioether (sulfide) groups is 1. The first-order valence-corrected chi connectivity index (χ1v) is 12.8. The first kappa shape index (κ1) is 24.9. The van der Waals surface area contributed by atoms with Crippen LogP contribution in [0.4, 0.5) is 26.3 Å². The molecule has 1 aromatic carbocycles. The summed E-state index contributed by atoms with van der Waals surface area (Å²) < 4.78 is 81.2. The number of alkyl halides is 6. The van der Waals surface area contributed by atoms with Gasteiger partial charge in [-0.1, -0.05) is 26.2 Å². The Labute approximate surface area is 194 Å². The van der Waals surface area contributed by atoms with Gasteiger partial charge in [0.15, 0.2) is 5.78 Å². The minimum atomic E-state index is -5.05. The first-order chi connectivity index (χ1) is 15.4. The normalized spacial score (nSPS) is 30.7. The third-order valence-electron chi connectivity index (χ3n) is 7.97. The summed E-state index contributed by atoms with van der Waals surface area (Å²) in [6.45, 7) is 1.96. The predicted octanol–water partition coefficient (Wildman–Crippen LogP) is 7.36. The first-order valence-electron chi connectivity index (χ1n) is 11.5. The van der Waals surface area contributed by atoms with E-state index in [9.17, 15) is 31.1 Å². The Bertz CT molecular complexity index is 907. The van der Waals surface area contributed by atoms with Crippen LogP contribution in [0.5, 0.6) is 0 Å². The highest BCUT2D eigenvalue weighted by molar-refractivity contribution is 7.98. The van der Waals surface area contributed by atoms with Gasteiger partial charge in [0.1, 0.15) is 0 Å². The monoisotopic (exact) mass is 493 g/mol. The van der Waals surface area contributed by atoms with Gasteiger partial charge in [0.2, 0.25) is 0 Å². The van der Waals surface area contributed by atoms with Crippen molar-refractivity contribution < 1.29 is 31.1 Å². The average Bonchev–Trinajstić information content (AvgIpc) is 3.10. The van der Waals surface area contributed by atoms with Gasteiger partial charge in [0, 0.05) is 28.5 Å². The molecular weight excluding hydrogens is 464 g/mol. The molecule has 0 bridgehead atoms. The molecular formula is C24H29F6NOS. The van der Waals surface area contributed by atoms with Crippen LogP contribution in [-0.2, 0) is 12.4 Å². The van der Waals surface area contributed by atoms with Gasteiger partial charge in [-0.15, -0.1) is 11.8 Å². The highest BCUT2D eigenvalue weighted by atomic mass is 32.2. The average molecular weight is 494 g/mol. The minimum absolute atomic E-state index is 0.0900. The van der Waals surface area contributed by atoms with E-state index >= 15 is 0 Å². The molecule has 0 radical (unpaired) electrons. The summed E-state index contributed by atoms with van der Waals surface area (Å²) >= 11 is 0.751. The fourth-order valence-electron chi connectivity index (χ4n) is 6.12. The van der Waals surface area contributed by atoms with Gasteiger partial charge in [0.05, 0.1) is 11.1 Å². The standard InChI is InChI=1S/C24H29F6NOS/c1-22(15-8-5-9-18(15)31-14-6-3-4-7-14)12-17(22)21(32)20-16(24(28,29)30)10-13(23(25,26)27)11-19(20)33-2/h10-11,14-15,17-18,31H,3-9,12H2,1-2H3/t15?,17?,18-,22-/m1/s1. The lowest BCUT2D eigenvalue weighted by Gasteiger charge is -2.30. The van der Waals surface area contributed by atoms with Crippen molar-refractivity contribution in [1.29, 1.82) is 0 Å². The van der Waals surface area contributed by atoms with E-state index in [-0.39, 0.29) is 22.9 Å². The number of hydrogen-bond donors (Lipinski definition) is 1. The summed E-state index contributed by atoms with van der Waals surface area (Å²) in [5.74, 6) is -1.08. The third kappa shape index (κ3) is 4.81. The molecule has 1 N–H and O–H groups in total. The number of Topliss-reactive ketones (excluding diaryl/α,β-unsaturated/α-hetero) is 1. The van der Waals surface area contributed by atoms with Gasteiger partial charge < -0.3 is 5.32 Å². The zero-order chi connectivity index (χ0) is 24.2. The predicted molar refractivity (Wildman–Crippen MR) is 115 cm³/mol. The lowest BCUT2D eigenvalue weighted by atomic mass is 9.82. The molecule has 4 rings (SSSR count). The van der Waals surface area contributed by atoms with Gasteiger partial charge in [-0.3, -0.25) is 4.79 Å². The number of ketones is 1. The molecule has 4 atom stereocenters. The molecule has 0 amide bonds. The SMILES string of the molecule is CSc1cc(C(F)(F)F)cc(C(F)(F)F)c1C(=O)C1C[C@]1(C)C1CCC[C@H]1NC1CCCC1. The number of carbonyl (C=O) groups is 1. The maximum atomic E-state index is 13.8. The van der Waals surface area contributed by atoms with Crippen molar-refractivity contribution in [2.24, 2.45) is 17.3 Å². The van der Waals surface area contributed by atoms with Crippen molar-refractivity contribution >= 4 is 17.5 Å². The second-order valence-corrected chi connectivity index (χ2v) is 10.9. The van der Waals surface area contributed by atoms with Crippen molar-refractivity contribution in [3.05, 3.63) is 28.8 Å². The van der Waals surface area contributed by atoms with Crippen LogP contribution in [0, 0.1) is 17.3 Å². The number of halogens is 6. The molecule has 3 aliphatic carbocycles. The van der Waals surface area contributed by atoms with Crippen LogP contribution in [-0.4, -0.2) is 24.1 Å². The quantitative estimate of drug-likeness (QED) is 0.255. The molecule has 1 aromatic rings. The largest absolute Gasteiger partial charge is 0.417 e. The molecule has 2 nitrogen and oxygen atoms in total. The lowest BCUT2D eigenvalue weighted by molar-refractivity contribution is -0.143. The molecule has 3 saturated carbocycles. The number of nitrogens with one attached hydrogen (secondary N) is 1. The second-order valence-electron chi connectivity index (χ2n) is 10.0. The Hall–Kier alpha value is -1.22. The van der Waals surface area contributed by atoms with Crippen LogP contribution in [0.1, 0.15) is 79.8 Å². The van der Waals surface area contributed by atoms with Crippen molar-refractivity contribution in [3.8, 4) is 0 Å². The summed E-state index contributed by atoms with van der Waals surface area (Å²) in [6, 6.07) is 1.46. The van der Waals surface area contributed by atoms with Crippen LogP contribution in [0.3, 0.4) is 0 Å². The van der Waals surface area contributed by atoms with Gasteiger partial charge in [-0.05, 0) is 61.8 Å². The molecule has 2 unspecified atom stereocenters. The highest BCUT2D eigenvalue weighted by Crippen LogP contribution is 2.63. The Balaban J connectivity index is 1.63. The number of hydrogen-bond acceptors (Lipinski definition) is 3. The third-order valence-corrected chi connectivity index (χ3v) is 8.73. The van der Waals surface area contributed by atoms with Crippen molar-refractivity contribution in [2.75, 3.05) is 6.26 Å². The molecule has 3 fully saturated rings. The fraction of sp³-hybridized carbons (Fsp3) is 0.708. The Morgan fingerprint density at radius 3 is 2.24 bits per heavy atom. The molecule has 0 saturated heterocycles. The summed E-state index contributed by atoms with van der Waals surface area (Å²) in [5.41, 5.74) is -3.89. The second kappa shape index (κ2) is 8.77. The highest BCUT2D eigenvalue weighted by Gasteiger charge is 2.61. The fourth-order valence-corrected chi connectivity index (χ4v) is 6.78. The van der Waals surface area contributed by atoms with Crippen LogP contribution in [0.2, 0.25) is 0 Å². The molecule has 0 aliphatic heterocycles. The molecule has 0 heterocycles. The van der Waals surface area contributed by atoms with E-state index in [1.807, 2.05) is 6.92 Å². The van der Waals surface area contributed by atoms with Crippen molar-refractivity contribution in [3.63, 3.8) is 0 Å². The van der Waals surface area contributed by atoms with Crippen LogP contribution in [0.25, 0.3) is 0 Å². The number of benzene rings is 1. The smallest absolute Gasteiger partial charge is 0.311 e. The minimum Gasteiger partial charge on any atom is -0.311 e.